The fraction of sp³-hybridized carbons (Fsp3) is 0.500. The molecule has 3 N–H and O–H groups in total. The van der Waals surface area contributed by atoms with Crippen LogP contribution in [0.2, 0.25) is 0 Å². The fourth-order valence-electron chi connectivity index (χ4n) is 2.08. The summed E-state index contributed by atoms with van der Waals surface area (Å²) in [6, 6.07) is 3.92. The lowest BCUT2D eigenvalue weighted by Gasteiger charge is -2.15. The number of carbonyl (C=O) groups excluding carboxylic acids is 1. The quantitative estimate of drug-likeness (QED) is 0.822. The molecular weight excluding hydrogens is 283 g/mol. The van der Waals surface area contributed by atoms with Crippen molar-refractivity contribution in [2.75, 3.05) is 24.6 Å². The van der Waals surface area contributed by atoms with Gasteiger partial charge in [0.05, 0.1) is 5.56 Å². The van der Waals surface area contributed by atoms with Gasteiger partial charge in [-0.25, -0.2) is 0 Å². The molecule has 21 heavy (non-hydrogen) atoms. The van der Waals surface area contributed by atoms with E-state index in [1.54, 1.807) is 0 Å². The van der Waals surface area contributed by atoms with Gasteiger partial charge >= 0.3 is 6.18 Å². The summed E-state index contributed by atoms with van der Waals surface area (Å²) in [4.78, 5) is 13.8. The molecule has 1 aliphatic carbocycles. The number of amides is 1. The Bertz CT molecular complexity index is 527. The minimum Gasteiger partial charge on any atom is -0.398 e. The van der Waals surface area contributed by atoms with Crippen LogP contribution in [-0.2, 0) is 11.0 Å². The van der Waals surface area contributed by atoms with E-state index >= 15 is 0 Å². The molecule has 0 aliphatic heterocycles. The van der Waals surface area contributed by atoms with E-state index in [4.69, 9.17) is 5.73 Å². The van der Waals surface area contributed by atoms with Gasteiger partial charge in [0.25, 0.3) is 0 Å². The highest BCUT2D eigenvalue weighted by atomic mass is 19.4. The summed E-state index contributed by atoms with van der Waals surface area (Å²) in [5.41, 5.74) is 4.13. The smallest absolute Gasteiger partial charge is 0.398 e. The molecule has 0 heterocycles. The molecule has 1 amide bonds. The maximum Gasteiger partial charge on any atom is 0.418 e. The third kappa shape index (κ3) is 4.35. The Balaban J connectivity index is 1.94. The summed E-state index contributed by atoms with van der Waals surface area (Å²) in [7, 11) is 1.94. The molecule has 0 unspecified atom stereocenters. The van der Waals surface area contributed by atoms with Crippen LogP contribution in [0.15, 0.2) is 18.2 Å². The normalized spacial score (nSPS) is 15.3. The van der Waals surface area contributed by atoms with Gasteiger partial charge in [-0.2, -0.15) is 13.2 Å². The topological polar surface area (TPSA) is 58.4 Å². The largest absolute Gasteiger partial charge is 0.418 e. The first-order chi connectivity index (χ1) is 9.77. The molecule has 1 aromatic rings. The first-order valence-electron chi connectivity index (χ1n) is 6.74. The van der Waals surface area contributed by atoms with Crippen LogP contribution in [0.25, 0.3) is 0 Å². The fourth-order valence-corrected chi connectivity index (χ4v) is 2.08. The van der Waals surface area contributed by atoms with Crippen molar-refractivity contribution in [3.05, 3.63) is 23.8 Å². The second kappa shape index (κ2) is 5.93. The number of benzene rings is 1. The summed E-state index contributed by atoms with van der Waals surface area (Å²) in [6.07, 6.45) is -1.99. The van der Waals surface area contributed by atoms with Crippen molar-refractivity contribution in [3.8, 4) is 0 Å². The van der Waals surface area contributed by atoms with Crippen LogP contribution >= 0.6 is 0 Å². The molecule has 0 bridgehead atoms. The minimum atomic E-state index is -4.53. The predicted molar refractivity (Wildman–Crippen MR) is 74.8 cm³/mol. The molecule has 1 aromatic carbocycles. The Kier molecular flexibility index (Phi) is 4.41. The monoisotopic (exact) mass is 301 g/mol. The van der Waals surface area contributed by atoms with E-state index < -0.39 is 11.7 Å². The molecule has 7 heteroatoms. The number of nitrogens with zero attached hydrogens (tertiary/aromatic N) is 1. The standard InChI is InChI=1S/C14H18F3N3O/c1-20(10-3-4-10)7-6-13(21)19-9-2-5-12(18)11(8-9)14(15,16)17/h2,5,8,10H,3-4,6-7,18H2,1H3,(H,19,21). The van der Waals surface area contributed by atoms with Crippen molar-refractivity contribution in [2.45, 2.75) is 31.5 Å². The van der Waals surface area contributed by atoms with Crippen LogP contribution in [0.1, 0.15) is 24.8 Å². The Morgan fingerprint density at radius 1 is 1.43 bits per heavy atom. The predicted octanol–water partition coefficient (Wildman–Crippen LogP) is 2.71. The van der Waals surface area contributed by atoms with E-state index in [0.29, 0.717) is 12.6 Å². The number of hydrogen-bond donors (Lipinski definition) is 2. The first-order valence-corrected chi connectivity index (χ1v) is 6.74. The lowest BCUT2D eigenvalue weighted by molar-refractivity contribution is -0.136. The summed E-state index contributed by atoms with van der Waals surface area (Å²) in [5, 5.41) is 2.48. The molecule has 116 valence electrons. The molecule has 0 atom stereocenters. The van der Waals surface area contributed by atoms with Gasteiger partial charge in [-0.1, -0.05) is 0 Å². The van der Waals surface area contributed by atoms with Crippen LogP contribution in [0.5, 0.6) is 0 Å². The molecule has 1 fully saturated rings. The number of anilines is 2. The van der Waals surface area contributed by atoms with Crippen molar-refractivity contribution in [1.82, 2.24) is 4.90 Å². The van der Waals surface area contributed by atoms with Gasteiger partial charge in [-0.05, 0) is 38.1 Å². The van der Waals surface area contributed by atoms with Crippen LogP contribution in [-0.4, -0.2) is 30.4 Å². The van der Waals surface area contributed by atoms with E-state index in [1.807, 2.05) is 7.05 Å². The third-order valence-corrected chi connectivity index (χ3v) is 3.50. The zero-order valence-electron chi connectivity index (χ0n) is 11.7. The summed E-state index contributed by atoms with van der Waals surface area (Å²) >= 11 is 0. The van der Waals surface area contributed by atoms with Crippen molar-refractivity contribution in [3.63, 3.8) is 0 Å². The van der Waals surface area contributed by atoms with Gasteiger partial charge in [0.1, 0.15) is 0 Å². The Labute approximate surface area is 121 Å². The molecule has 1 saturated carbocycles. The number of hydrogen-bond acceptors (Lipinski definition) is 3. The lowest BCUT2D eigenvalue weighted by Crippen LogP contribution is -2.26. The number of nitrogens with one attached hydrogen (secondary N) is 1. The SMILES string of the molecule is CN(CCC(=O)Nc1ccc(N)c(C(F)(F)F)c1)C1CC1. The van der Waals surface area contributed by atoms with Crippen molar-refractivity contribution >= 4 is 17.3 Å². The molecule has 0 saturated heterocycles. The van der Waals surface area contributed by atoms with Crippen LogP contribution in [0.4, 0.5) is 24.5 Å². The molecular formula is C14H18F3N3O. The molecule has 2 rings (SSSR count). The number of alkyl halides is 3. The highest BCUT2D eigenvalue weighted by Gasteiger charge is 2.33. The zero-order chi connectivity index (χ0) is 15.6. The van der Waals surface area contributed by atoms with E-state index in [-0.39, 0.29) is 23.7 Å². The first kappa shape index (κ1) is 15.6. The molecule has 0 spiro atoms. The Morgan fingerprint density at radius 3 is 2.67 bits per heavy atom. The molecule has 0 radical (unpaired) electrons. The van der Waals surface area contributed by atoms with Crippen molar-refractivity contribution in [1.29, 1.82) is 0 Å². The number of nitrogens with two attached hydrogens (primary N) is 1. The second-order valence-corrected chi connectivity index (χ2v) is 5.31. The van der Waals surface area contributed by atoms with Gasteiger partial charge in [0.2, 0.25) is 5.91 Å². The van der Waals surface area contributed by atoms with Crippen LogP contribution in [0.3, 0.4) is 0 Å². The maximum atomic E-state index is 12.7. The van der Waals surface area contributed by atoms with Crippen molar-refractivity contribution < 1.29 is 18.0 Å². The van der Waals surface area contributed by atoms with Gasteiger partial charge < -0.3 is 16.0 Å². The highest BCUT2D eigenvalue weighted by Crippen LogP contribution is 2.35. The van der Waals surface area contributed by atoms with Crippen LogP contribution < -0.4 is 11.1 Å². The summed E-state index contributed by atoms with van der Waals surface area (Å²) < 4.78 is 38.1. The van der Waals surface area contributed by atoms with Gasteiger partial charge in [0, 0.05) is 30.4 Å². The van der Waals surface area contributed by atoms with E-state index in [2.05, 4.69) is 10.2 Å². The molecule has 0 aromatic heterocycles. The van der Waals surface area contributed by atoms with E-state index in [0.717, 1.165) is 25.0 Å². The van der Waals surface area contributed by atoms with E-state index in [1.165, 1.54) is 6.07 Å². The minimum absolute atomic E-state index is 0.107. The van der Waals surface area contributed by atoms with Gasteiger partial charge in [0.15, 0.2) is 0 Å². The average Bonchev–Trinajstić information content (AvgIpc) is 3.21. The number of carbonyl (C=O) groups is 1. The lowest BCUT2D eigenvalue weighted by atomic mass is 10.1. The zero-order valence-corrected chi connectivity index (χ0v) is 11.7. The number of nitrogen functional groups attached to an aromatic ring is 1. The Morgan fingerprint density at radius 2 is 2.10 bits per heavy atom. The summed E-state index contributed by atoms with van der Waals surface area (Å²) in [6.45, 7) is 0.595. The summed E-state index contributed by atoms with van der Waals surface area (Å²) in [5.74, 6) is -0.305. The van der Waals surface area contributed by atoms with Crippen molar-refractivity contribution in [2.24, 2.45) is 0 Å². The van der Waals surface area contributed by atoms with Gasteiger partial charge in [-0.3, -0.25) is 4.79 Å². The average molecular weight is 301 g/mol. The molecule has 1 aliphatic rings. The van der Waals surface area contributed by atoms with Crippen LogP contribution in [0, 0.1) is 0 Å². The van der Waals surface area contributed by atoms with E-state index in [9.17, 15) is 18.0 Å². The highest BCUT2D eigenvalue weighted by molar-refractivity contribution is 5.91. The number of rotatable bonds is 5. The van der Waals surface area contributed by atoms with Gasteiger partial charge in [-0.15, -0.1) is 0 Å². The maximum absolute atomic E-state index is 12.7. The Hall–Kier alpha value is -1.76. The second-order valence-electron chi connectivity index (χ2n) is 5.31. The number of halogens is 3. The molecule has 4 nitrogen and oxygen atoms in total. The third-order valence-electron chi connectivity index (χ3n) is 3.50.